The van der Waals surface area contributed by atoms with Gasteiger partial charge in [-0.1, -0.05) is 57.3 Å². The fraction of sp³-hybridized carbons (Fsp3) is 0.143. The minimum atomic E-state index is -0.848. The van der Waals surface area contributed by atoms with Crippen LogP contribution in [0.15, 0.2) is 36.4 Å². The second-order valence-corrected chi connectivity index (χ2v) is 6.00. The number of rotatable bonds is 3. The second kappa shape index (κ2) is 6.21. The van der Waals surface area contributed by atoms with E-state index in [9.17, 15) is 8.78 Å². The highest BCUT2D eigenvalue weighted by molar-refractivity contribution is 9.09. The molecular formula is C14H9BrCl2F2. The minimum Gasteiger partial charge on any atom is -0.204 e. The molecule has 0 aromatic heterocycles. The Balaban J connectivity index is 2.25. The number of benzene rings is 2. The molecule has 5 heteroatoms. The van der Waals surface area contributed by atoms with Gasteiger partial charge in [-0.3, -0.25) is 0 Å². The third kappa shape index (κ3) is 3.47. The highest BCUT2D eigenvalue weighted by Gasteiger charge is 2.16. The molecule has 0 bridgehead atoms. The summed E-state index contributed by atoms with van der Waals surface area (Å²) in [4.78, 5) is -0.214. The standard InChI is InChI=1S/C14H9BrCl2F2/c15-11(10-5-4-9(16)7-12(10)17)6-8-2-1-3-13(18)14(8)19/h1-5,7,11H,6H2. The smallest absolute Gasteiger partial charge is 0.162 e. The first-order chi connectivity index (χ1) is 8.99. The lowest BCUT2D eigenvalue weighted by Crippen LogP contribution is -2.00. The third-order valence-electron chi connectivity index (χ3n) is 2.73. The van der Waals surface area contributed by atoms with Gasteiger partial charge >= 0.3 is 0 Å². The van der Waals surface area contributed by atoms with Gasteiger partial charge in [-0.15, -0.1) is 0 Å². The molecule has 0 aliphatic rings. The van der Waals surface area contributed by atoms with Gasteiger partial charge in [0.1, 0.15) is 0 Å². The number of alkyl halides is 1. The first-order valence-corrected chi connectivity index (χ1v) is 7.18. The highest BCUT2D eigenvalue weighted by Crippen LogP contribution is 2.34. The van der Waals surface area contributed by atoms with Gasteiger partial charge in [0.05, 0.1) is 0 Å². The van der Waals surface area contributed by atoms with E-state index in [-0.39, 0.29) is 4.83 Å². The number of halogens is 5. The summed E-state index contributed by atoms with van der Waals surface area (Å²) >= 11 is 15.3. The Bertz CT molecular complexity index is 602. The maximum Gasteiger partial charge on any atom is 0.162 e. The Labute approximate surface area is 128 Å². The zero-order chi connectivity index (χ0) is 14.0. The van der Waals surface area contributed by atoms with E-state index in [1.165, 1.54) is 6.07 Å². The molecule has 0 spiro atoms. The van der Waals surface area contributed by atoms with E-state index in [4.69, 9.17) is 23.2 Å². The van der Waals surface area contributed by atoms with Crippen LogP contribution in [0.2, 0.25) is 10.0 Å². The summed E-state index contributed by atoms with van der Waals surface area (Å²) in [5.74, 6) is -1.67. The number of hydrogen-bond donors (Lipinski definition) is 0. The normalized spacial score (nSPS) is 12.5. The molecule has 19 heavy (non-hydrogen) atoms. The van der Waals surface area contributed by atoms with Gasteiger partial charge in [0.25, 0.3) is 0 Å². The first kappa shape index (κ1) is 14.8. The maximum atomic E-state index is 13.6. The van der Waals surface area contributed by atoms with E-state index in [1.807, 2.05) is 0 Å². The van der Waals surface area contributed by atoms with Gasteiger partial charge in [-0.05, 0) is 35.7 Å². The quantitative estimate of drug-likeness (QED) is 0.589. The Hall–Kier alpha value is -0.640. The SMILES string of the molecule is Fc1cccc(CC(Br)c2ccc(Cl)cc2Cl)c1F. The third-order valence-corrected chi connectivity index (χ3v) is 4.11. The number of hydrogen-bond acceptors (Lipinski definition) is 0. The molecule has 0 fully saturated rings. The van der Waals surface area contributed by atoms with E-state index in [1.54, 1.807) is 24.3 Å². The van der Waals surface area contributed by atoms with E-state index in [2.05, 4.69) is 15.9 Å². The Kier molecular flexibility index (Phi) is 4.82. The zero-order valence-corrected chi connectivity index (χ0v) is 12.7. The summed E-state index contributed by atoms with van der Waals surface area (Å²) in [7, 11) is 0. The van der Waals surface area contributed by atoms with Gasteiger partial charge in [-0.25, -0.2) is 8.78 Å². The minimum absolute atomic E-state index is 0.214. The second-order valence-electron chi connectivity index (χ2n) is 4.05. The predicted molar refractivity (Wildman–Crippen MR) is 78.2 cm³/mol. The molecule has 0 aliphatic heterocycles. The fourth-order valence-corrected chi connectivity index (χ4v) is 3.18. The molecule has 0 nitrogen and oxygen atoms in total. The van der Waals surface area contributed by atoms with E-state index in [0.29, 0.717) is 22.0 Å². The van der Waals surface area contributed by atoms with Gasteiger partial charge in [0.2, 0.25) is 0 Å². The lowest BCUT2D eigenvalue weighted by atomic mass is 10.0. The average Bonchev–Trinajstić information content (AvgIpc) is 2.34. The van der Waals surface area contributed by atoms with Gasteiger partial charge in [0, 0.05) is 14.9 Å². The van der Waals surface area contributed by atoms with Crippen LogP contribution in [0, 0.1) is 11.6 Å². The van der Waals surface area contributed by atoms with Crippen LogP contribution in [0.3, 0.4) is 0 Å². The van der Waals surface area contributed by atoms with Crippen molar-refractivity contribution in [3.8, 4) is 0 Å². The summed E-state index contributed by atoms with van der Waals surface area (Å²) in [6.07, 6.45) is 0.297. The van der Waals surface area contributed by atoms with Crippen molar-refractivity contribution in [2.75, 3.05) is 0 Å². The van der Waals surface area contributed by atoms with Crippen LogP contribution in [0.4, 0.5) is 8.78 Å². The van der Waals surface area contributed by atoms with Crippen LogP contribution < -0.4 is 0 Å². The van der Waals surface area contributed by atoms with E-state index < -0.39 is 11.6 Å². The molecule has 2 aromatic carbocycles. The Morgan fingerprint density at radius 2 is 1.84 bits per heavy atom. The van der Waals surface area contributed by atoms with Crippen molar-refractivity contribution in [2.24, 2.45) is 0 Å². The Morgan fingerprint density at radius 3 is 2.53 bits per heavy atom. The molecule has 0 radical (unpaired) electrons. The van der Waals surface area contributed by atoms with Crippen LogP contribution in [-0.2, 0) is 6.42 Å². The highest BCUT2D eigenvalue weighted by atomic mass is 79.9. The van der Waals surface area contributed by atoms with Gasteiger partial charge < -0.3 is 0 Å². The summed E-state index contributed by atoms with van der Waals surface area (Å²) in [5, 5.41) is 1.02. The van der Waals surface area contributed by atoms with Crippen LogP contribution in [0.5, 0.6) is 0 Å². The van der Waals surface area contributed by atoms with E-state index >= 15 is 0 Å². The van der Waals surface area contributed by atoms with Crippen molar-refractivity contribution in [2.45, 2.75) is 11.2 Å². The molecule has 0 amide bonds. The van der Waals surface area contributed by atoms with Crippen LogP contribution in [0.25, 0.3) is 0 Å². The molecular weight excluding hydrogens is 357 g/mol. The summed E-state index contributed by atoms with van der Waals surface area (Å²) in [6, 6.07) is 9.22. The molecule has 0 saturated heterocycles. The zero-order valence-electron chi connectivity index (χ0n) is 9.64. The largest absolute Gasteiger partial charge is 0.204 e. The van der Waals surface area contributed by atoms with Gasteiger partial charge in [-0.2, -0.15) is 0 Å². The molecule has 0 heterocycles. The topological polar surface area (TPSA) is 0 Å². The van der Waals surface area contributed by atoms with Crippen LogP contribution >= 0.6 is 39.1 Å². The summed E-state index contributed by atoms with van der Waals surface area (Å²) in [6.45, 7) is 0. The van der Waals surface area contributed by atoms with Crippen molar-refractivity contribution >= 4 is 39.1 Å². The monoisotopic (exact) mass is 364 g/mol. The molecule has 0 N–H and O–H groups in total. The molecule has 100 valence electrons. The molecule has 2 aromatic rings. The predicted octanol–water partition coefficient (Wildman–Crippen LogP) is 5.95. The summed E-state index contributed by atoms with van der Waals surface area (Å²) < 4.78 is 26.7. The van der Waals surface area contributed by atoms with Crippen molar-refractivity contribution < 1.29 is 8.78 Å². The molecule has 0 saturated carbocycles. The van der Waals surface area contributed by atoms with E-state index in [0.717, 1.165) is 11.6 Å². The van der Waals surface area contributed by atoms with Crippen LogP contribution in [-0.4, -0.2) is 0 Å². The average molecular weight is 366 g/mol. The summed E-state index contributed by atoms with van der Waals surface area (Å²) in [5.41, 5.74) is 1.09. The first-order valence-electron chi connectivity index (χ1n) is 5.51. The maximum absolute atomic E-state index is 13.6. The lowest BCUT2D eigenvalue weighted by Gasteiger charge is -2.13. The van der Waals surface area contributed by atoms with Crippen molar-refractivity contribution in [1.29, 1.82) is 0 Å². The van der Waals surface area contributed by atoms with Crippen molar-refractivity contribution in [1.82, 2.24) is 0 Å². The molecule has 1 atom stereocenters. The molecule has 1 unspecified atom stereocenters. The van der Waals surface area contributed by atoms with Gasteiger partial charge in [0.15, 0.2) is 11.6 Å². The van der Waals surface area contributed by atoms with Crippen molar-refractivity contribution in [3.05, 3.63) is 69.2 Å². The Morgan fingerprint density at radius 1 is 1.11 bits per heavy atom. The van der Waals surface area contributed by atoms with Crippen LogP contribution in [0.1, 0.15) is 16.0 Å². The lowest BCUT2D eigenvalue weighted by molar-refractivity contribution is 0.498. The molecule has 0 aliphatic carbocycles. The fourth-order valence-electron chi connectivity index (χ4n) is 1.76. The molecule has 2 rings (SSSR count). The van der Waals surface area contributed by atoms with Crippen molar-refractivity contribution in [3.63, 3.8) is 0 Å².